The number of aliphatic imine (C=N–C) groups is 1. The monoisotopic (exact) mass is 391 g/mol. The van der Waals surface area contributed by atoms with Crippen LogP contribution in [0, 0.1) is 0 Å². The molecule has 1 aromatic rings. The van der Waals surface area contributed by atoms with E-state index in [0.29, 0.717) is 19.7 Å². The second kappa shape index (κ2) is 10.7. The van der Waals surface area contributed by atoms with E-state index >= 15 is 0 Å². The molecule has 1 saturated heterocycles. The van der Waals surface area contributed by atoms with Crippen LogP contribution in [0.15, 0.2) is 29.5 Å². The second-order valence-electron chi connectivity index (χ2n) is 7.71. The van der Waals surface area contributed by atoms with Gasteiger partial charge in [-0.3, -0.25) is 4.98 Å². The number of nitrogens with one attached hydrogen (secondary N) is 2. The summed E-state index contributed by atoms with van der Waals surface area (Å²) in [7, 11) is 0. The van der Waals surface area contributed by atoms with Crippen LogP contribution in [-0.4, -0.2) is 66.4 Å². The molecule has 1 atom stereocenters. The highest BCUT2D eigenvalue weighted by atomic mass is 16.6. The van der Waals surface area contributed by atoms with Crippen molar-refractivity contribution in [2.24, 2.45) is 4.99 Å². The molecule has 0 radical (unpaired) electrons. The molecule has 0 aromatic carbocycles. The lowest BCUT2D eigenvalue weighted by atomic mass is 10.1. The zero-order valence-electron chi connectivity index (χ0n) is 17.4. The molecule has 0 bridgehead atoms. The van der Waals surface area contributed by atoms with Gasteiger partial charge in [-0.1, -0.05) is 0 Å². The Morgan fingerprint density at radius 3 is 2.93 bits per heavy atom. The lowest BCUT2D eigenvalue weighted by molar-refractivity contribution is 0.0193. The van der Waals surface area contributed by atoms with Gasteiger partial charge in [-0.2, -0.15) is 0 Å². The van der Waals surface area contributed by atoms with Crippen LogP contribution in [0.3, 0.4) is 0 Å². The van der Waals surface area contributed by atoms with E-state index in [9.17, 15) is 4.79 Å². The Morgan fingerprint density at radius 1 is 1.43 bits per heavy atom. The first kappa shape index (κ1) is 21.8. The van der Waals surface area contributed by atoms with Crippen LogP contribution in [0.25, 0.3) is 0 Å². The molecular weight excluding hydrogens is 358 g/mol. The van der Waals surface area contributed by atoms with Gasteiger partial charge < -0.3 is 25.0 Å². The summed E-state index contributed by atoms with van der Waals surface area (Å²) in [5, 5.41) is 6.67. The summed E-state index contributed by atoms with van der Waals surface area (Å²) in [5.41, 5.74) is -0.484. The normalized spacial score (nSPS) is 17.8. The third-order valence-electron chi connectivity index (χ3n) is 4.02. The SMILES string of the molecule is CCNC(=NCCOc1cccnc1)NC1CCCN(C(=O)OC(C)(C)C)C1. The Labute approximate surface area is 167 Å². The fourth-order valence-electron chi connectivity index (χ4n) is 2.85. The summed E-state index contributed by atoms with van der Waals surface area (Å²) in [5.74, 6) is 1.46. The van der Waals surface area contributed by atoms with Crippen molar-refractivity contribution < 1.29 is 14.3 Å². The zero-order chi connectivity index (χ0) is 20.4. The molecule has 1 unspecified atom stereocenters. The van der Waals surface area contributed by atoms with E-state index in [1.807, 2.05) is 39.8 Å². The van der Waals surface area contributed by atoms with Gasteiger partial charge >= 0.3 is 6.09 Å². The van der Waals surface area contributed by atoms with Gasteiger partial charge in [0, 0.05) is 31.9 Å². The van der Waals surface area contributed by atoms with Gasteiger partial charge in [-0.05, 0) is 52.7 Å². The van der Waals surface area contributed by atoms with Crippen LogP contribution in [0.1, 0.15) is 40.5 Å². The summed E-state index contributed by atoms with van der Waals surface area (Å²) in [4.78, 5) is 22.7. The number of nitrogens with zero attached hydrogens (tertiary/aromatic N) is 3. The number of hydrogen-bond donors (Lipinski definition) is 2. The van der Waals surface area contributed by atoms with Crippen molar-refractivity contribution in [1.29, 1.82) is 0 Å². The molecule has 1 aliphatic rings. The number of carbonyl (C=O) groups excluding carboxylic acids is 1. The van der Waals surface area contributed by atoms with Crippen molar-refractivity contribution in [1.82, 2.24) is 20.5 Å². The number of hydrogen-bond acceptors (Lipinski definition) is 5. The van der Waals surface area contributed by atoms with Crippen LogP contribution in [0.4, 0.5) is 4.79 Å². The minimum atomic E-state index is -0.484. The van der Waals surface area contributed by atoms with Crippen LogP contribution in [0.5, 0.6) is 5.75 Å². The van der Waals surface area contributed by atoms with Crippen molar-refractivity contribution in [2.75, 3.05) is 32.8 Å². The lowest BCUT2D eigenvalue weighted by Crippen LogP contribution is -2.53. The van der Waals surface area contributed by atoms with Crippen molar-refractivity contribution in [3.8, 4) is 5.75 Å². The number of likely N-dealkylation sites (tertiary alicyclic amines) is 1. The van der Waals surface area contributed by atoms with Gasteiger partial charge in [0.05, 0.1) is 12.7 Å². The Morgan fingerprint density at radius 2 is 2.25 bits per heavy atom. The van der Waals surface area contributed by atoms with Gasteiger partial charge in [-0.15, -0.1) is 0 Å². The number of guanidine groups is 1. The molecule has 2 N–H and O–H groups in total. The minimum Gasteiger partial charge on any atom is -0.490 e. The van der Waals surface area contributed by atoms with E-state index in [2.05, 4.69) is 20.6 Å². The fraction of sp³-hybridized carbons (Fsp3) is 0.650. The maximum atomic E-state index is 12.3. The molecule has 0 aliphatic carbocycles. The van der Waals surface area contributed by atoms with Gasteiger partial charge in [0.2, 0.25) is 0 Å². The van der Waals surface area contributed by atoms with Gasteiger partial charge in [-0.25, -0.2) is 9.79 Å². The molecule has 1 aliphatic heterocycles. The zero-order valence-corrected chi connectivity index (χ0v) is 17.4. The first-order valence-electron chi connectivity index (χ1n) is 9.93. The third-order valence-corrected chi connectivity index (χ3v) is 4.02. The second-order valence-corrected chi connectivity index (χ2v) is 7.71. The number of pyridine rings is 1. The van der Waals surface area contributed by atoms with Crippen LogP contribution >= 0.6 is 0 Å². The van der Waals surface area contributed by atoms with E-state index in [1.54, 1.807) is 17.3 Å². The smallest absolute Gasteiger partial charge is 0.410 e. The topological polar surface area (TPSA) is 88.1 Å². The predicted molar refractivity (Wildman–Crippen MR) is 110 cm³/mol. The van der Waals surface area contributed by atoms with Gasteiger partial charge in [0.1, 0.15) is 18.0 Å². The van der Waals surface area contributed by atoms with Crippen LogP contribution in [0.2, 0.25) is 0 Å². The highest BCUT2D eigenvalue weighted by Gasteiger charge is 2.27. The van der Waals surface area contributed by atoms with E-state index < -0.39 is 5.60 Å². The van der Waals surface area contributed by atoms with E-state index in [1.165, 1.54) is 0 Å². The standard InChI is InChI=1S/C20H33N5O3/c1-5-22-18(23-11-13-27-17-9-6-10-21-14-17)24-16-8-7-12-25(15-16)19(26)28-20(2,3)4/h6,9-10,14,16H,5,7-8,11-13,15H2,1-4H3,(H2,22,23,24). The van der Waals surface area contributed by atoms with Gasteiger partial charge in [0.15, 0.2) is 5.96 Å². The predicted octanol–water partition coefficient (Wildman–Crippen LogP) is 2.42. The van der Waals surface area contributed by atoms with Crippen LogP contribution < -0.4 is 15.4 Å². The van der Waals surface area contributed by atoms with Crippen molar-refractivity contribution in [3.63, 3.8) is 0 Å². The Bertz CT molecular complexity index is 630. The van der Waals surface area contributed by atoms with E-state index in [4.69, 9.17) is 9.47 Å². The van der Waals surface area contributed by atoms with Crippen molar-refractivity contribution in [3.05, 3.63) is 24.5 Å². The molecule has 0 saturated carbocycles. The summed E-state index contributed by atoms with van der Waals surface area (Å²) >= 11 is 0. The molecule has 8 heteroatoms. The average molecular weight is 392 g/mol. The summed E-state index contributed by atoms with van der Waals surface area (Å²) in [6, 6.07) is 3.84. The number of piperidine rings is 1. The quantitative estimate of drug-likeness (QED) is 0.440. The Balaban J connectivity index is 1.83. The molecule has 1 amide bonds. The third kappa shape index (κ3) is 8.02. The number of carbonyl (C=O) groups is 1. The first-order valence-corrected chi connectivity index (χ1v) is 9.93. The largest absolute Gasteiger partial charge is 0.490 e. The minimum absolute atomic E-state index is 0.137. The molecule has 2 heterocycles. The first-order chi connectivity index (χ1) is 13.4. The number of aromatic nitrogens is 1. The molecule has 1 fully saturated rings. The summed E-state index contributed by atoms with van der Waals surface area (Å²) in [6.45, 7) is 10.8. The Kier molecular flexibility index (Phi) is 8.35. The molecule has 0 spiro atoms. The average Bonchev–Trinajstić information content (AvgIpc) is 2.65. The van der Waals surface area contributed by atoms with Gasteiger partial charge in [0.25, 0.3) is 0 Å². The molecule has 156 valence electrons. The fourth-order valence-corrected chi connectivity index (χ4v) is 2.85. The maximum Gasteiger partial charge on any atom is 0.410 e. The van der Waals surface area contributed by atoms with Crippen LogP contribution in [-0.2, 0) is 4.74 Å². The highest BCUT2D eigenvalue weighted by molar-refractivity contribution is 5.80. The van der Waals surface area contributed by atoms with Crippen molar-refractivity contribution in [2.45, 2.75) is 52.2 Å². The lowest BCUT2D eigenvalue weighted by Gasteiger charge is -2.35. The molecule has 1 aromatic heterocycles. The Hall–Kier alpha value is -2.51. The highest BCUT2D eigenvalue weighted by Crippen LogP contribution is 2.15. The maximum absolute atomic E-state index is 12.3. The molecule has 2 rings (SSSR count). The molecule has 28 heavy (non-hydrogen) atoms. The van der Waals surface area contributed by atoms with E-state index in [0.717, 1.165) is 37.6 Å². The van der Waals surface area contributed by atoms with E-state index in [-0.39, 0.29) is 12.1 Å². The van der Waals surface area contributed by atoms with Crippen molar-refractivity contribution >= 4 is 12.1 Å². The summed E-state index contributed by atoms with van der Waals surface area (Å²) < 4.78 is 11.1. The number of ether oxygens (including phenoxy) is 2. The number of amides is 1. The molecule has 8 nitrogen and oxygen atoms in total. The number of rotatable bonds is 6. The molecular formula is C20H33N5O3. The summed E-state index contributed by atoms with van der Waals surface area (Å²) in [6.07, 6.45) is 5.05.